The van der Waals surface area contributed by atoms with Crippen molar-refractivity contribution in [3.63, 3.8) is 0 Å². The van der Waals surface area contributed by atoms with Crippen LogP contribution in [0.3, 0.4) is 0 Å². The van der Waals surface area contributed by atoms with Gasteiger partial charge in [-0.15, -0.1) is 0 Å². The van der Waals surface area contributed by atoms with Gasteiger partial charge in [0.25, 0.3) is 0 Å². The van der Waals surface area contributed by atoms with Gasteiger partial charge in [0.05, 0.1) is 12.2 Å². The van der Waals surface area contributed by atoms with Crippen LogP contribution in [-0.4, -0.2) is 28.3 Å². The second-order valence-corrected chi connectivity index (χ2v) is 7.19. The molecular weight excluding hydrogens is 348 g/mol. The number of guanidine groups is 1. The van der Waals surface area contributed by atoms with Crippen LogP contribution in [-0.2, 0) is 19.4 Å². The Morgan fingerprint density at radius 3 is 2.93 bits per heavy atom. The number of hydrogen-bond donors (Lipinski definition) is 2. The number of hydrogen-bond acceptors (Lipinski definition) is 2. The molecule has 1 atom stereocenters. The fourth-order valence-electron chi connectivity index (χ4n) is 3.24. The number of halogens is 2. The molecule has 0 amide bonds. The fourth-order valence-corrected chi connectivity index (χ4v) is 3.24. The van der Waals surface area contributed by atoms with Gasteiger partial charge in [-0.1, -0.05) is 0 Å². The Morgan fingerprint density at radius 1 is 1.37 bits per heavy atom. The Morgan fingerprint density at radius 2 is 2.19 bits per heavy atom. The Kier molecular flexibility index (Phi) is 6.08. The van der Waals surface area contributed by atoms with Crippen molar-refractivity contribution < 1.29 is 8.78 Å². The normalized spacial score (nSPS) is 17.1. The number of fused-ring (bicyclic) bond motifs is 1. The average molecular weight is 375 g/mol. The van der Waals surface area contributed by atoms with Gasteiger partial charge >= 0.3 is 0 Å². The zero-order valence-corrected chi connectivity index (χ0v) is 16.1. The molecule has 2 aromatic rings. The molecule has 3 rings (SSSR count). The predicted molar refractivity (Wildman–Crippen MR) is 103 cm³/mol. The lowest BCUT2D eigenvalue weighted by Gasteiger charge is -2.24. The van der Waals surface area contributed by atoms with Gasteiger partial charge in [-0.05, 0) is 57.4 Å². The molecule has 5 nitrogen and oxygen atoms in total. The molecule has 0 saturated heterocycles. The van der Waals surface area contributed by atoms with Crippen LogP contribution in [0.2, 0.25) is 0 Å². The van der Waals surface area contributed by atoms with Crippen LogP contribution in [0.1, 0.15) is 50.1 Å². The van der Waals surface area contributed by atoms with Crippen LogP contribution in [0.25, 0.3) is 0 Å². The quantitative estimate of drug-likeness (QED) is 0.622. The zero-order chi connectivity index (χ0) is 19.4. The summed E-state index contributed by atoms with van der Waals surface area (Å²) in [5, 5.41) is 11.3. The molecule has 1 aliphatic carbocycles. The summed E-state index contributed by atoms with van der Waals surface area (Å²) >= 11 is 0. The summed E-state index contributed by atoms with van der Waals surface area (Å²) in [4.78, 5) is 4.43. The molecule has 7 heteroatoms. The lowest BCUT2D eigenvalue weighted by atomic mass is 9.94. The first-order valence-electron chi connectivity index (χ1n) is 9.52. The van der Waals surface area contributed by atoms with Gasteiger partial charge in [-0.2, -0.15) is 5.10 Å². The van der Waals surface area contributed by atoms with E-state index in [2.05, 4.69) is 35.7 Å². The number of benzene rings is 1. The van der Waals surface area contributed by atoms with Crippen LogP contribution in [0.4, 0.5) is 8.78 Å². The first-order chi connectivity index (χ1) is 13.0. The van der Waals surface area contributed by atoms with Gasteiger partial charge in [0.1, 0.15) is 11.6 Å². The third-order valence-electron chi connectivity index (χ3n) is 4.73. The summed E-state index contributed by atoms with van der Waals surface area (Å²) < 4.78 is 29.2. The van der Waals surface area contributed by atoms with E-state index in [0.717, 1.165) is 37.1 Å². The maximum Gasteiger partial charge on any atom is 0.191 e. The highest BCUT2D eigenvalue weighted by atomic mass is 19.1. The van der Waals surface area contributed by atoms with Gasteiger partial charge in [-0.3, -0.25) is 4.68 Å². The number of rotatable bonds is 5. The maximum atomic E-state index is 13.8. The number of aliphatic imine (C=N–C) groups is 1. The van der Waals surface area contributed by atoms with Crippen molar-refractivity contribution in [1.29, 1.82) is 0 Å². The van der Waals surface area contributed by atoms with E-state index in [0.29, 0.717) is 18.5 Å². The van der Waals surface area contributed by atoms with E-state index in [1.807, 2.05) is 11.6 Å². The van der Waals surface area contributed by atoms with Gasteiger partial charge in [0.2, 0.25) is 0 Å². The monoisotopic (exact) mass is 375 g/mol. The van der Waals surface area contributed by atoms with E-state index in [1.165, 1.54) is 11.6 Å². The molecule has 27 heavy (non-hydrogen) atoms. The summed E-state index contributed by atoms with van der Waals surface area (Å²) in [5.41, 5.74) is 2.68. The highest BCUT2D eigenvalue weighted by Crippen LogP contribution is 2.21. The number of nitrogens with zero attached hydrogens (tertiary/aromatic N) is 3. The average Bonchev–Trinajstić information content (AvgIpc) is 3.06. The van der Waals surface area contributed by atoms with E-state index in [1.54, 1.807) is 0 Å². The lowest BCUT2D eigenvalue weighted by molar-refractivity contribution is 0.499. The molecule has 0 saturated carbocycles. The third-order valence-corrected chi connectivity index (χ3v) is 4.73. The van der Waals surface area contributed by atoms with Crippen LogP contribution in [0, 0.1) is 11.6 Å². The Labute approximate surface area is 158 Å². The molecule has 0 aliphatic heterocycles. The van der Waals surface area contributed by atoms with Crippen LogP contribution >= 0.6 is 0 Å². The Hall–Kier alpha value is -2.44. The summed E-state index contributed by atoms with van der Waals surface area (Å²) in [7, 11) is 0. The van der Waals surface area contributed by atoms with Crippen molar-refractivity contribution in [3.8, 4) is 0 Å². The van der Waals surface area contributed by atoms with E-state index in [4.69, 9.17) is 5.10 Å². The van der Waals surface area contributed by atoms with Crippen molar-refractivity contribution in [2.75, 3.05) is 6.54 Å². The van der Waals surface area contributed by atoms with Crippen LogP contribution in [0.5, 0.6) is 0 Å². The molecule has 0 fully saturated rings. The van der Waals surface area contributed by atoms with Gasteiger partial charge < -0.3 is 10.6 Å². The molecule has 0 spiro atoms. The summed E-state index contributed by atoms with van der Waals surface area (Å²) in [6.07, 6.45) is 4.92. The van der Waals surface area contributed by atoms with Crippen molar-refractivity contribution in [2.45, 2.75) is 58.7 Å². The van der Waals surface area contributed by atoms with Crippen LogP contribution in [0.15, 0.2) is 29.4 Å². The van der Waals surface area contributed by atoms with E-state index in [-0.39, 0.29) is 18.2 Å². The minimum Gasteiger partial charge on any atom is -0.357 e. The van der Waals surface area contributed by atoms with Gasteiger partial charge in [0.15, 0.2) is 5.96 Å². The van der Waals surface area contributed by atoms with Crippen LogP contribution < -0.4 is 10.6 Å². The SMILES string of the molecule is CCNC(=NCc1cc(F)ccc1F)NC1CCc2cn(C(C)C)nc2C1. The molecule has 1 aromatic heterocycles. The second kappa shape index (κ2) is 8.50. The predicted octanol–water partition coefficient (Wildman–Crippen LogP) is 3.35. The van der Waals surface area contributed by atoms with Gasteiger partial charge in [-0.25, -0.2) is 13.8 Å². The zero-order valence-electron chi connectivity index (χ0n) is 16.1. The molecule has 1 unspecified atom stereocenters. The Balaban J connectivity index is 1.68. The van der Waals surface area contributed by atoms with Crippen molar-refractivity contribution in [1.82, 2.24) is 20.4 Å². The molecule has 146 valence electrons. The minimum absolute atomic E-state index is 0.0822. The number of nitrogens with one attached hydrogen (secondary N) is 2. The van der Waals surface area contributed by atoms with E-state index < -0.39 is 11.6 Å². The second-order valence-electron chi connectivity index (χ2n) is 7.19. The highest BCUT2D eigenvalue weighted by Gasteiger charge is 2.23. The summed E-state index contributed by atoms with van der Waals surface area (Å²) in [5.74, 6) is -0.296. The molecule has 1 heterocycles. The molecule has 0 bridgehead atoms. The van der Waals surface area contributed by atoms with E-state index in [9.17, 15) is 8.78 Å². The molecule has 2 N–H and O–H groups in total. The summed E-state index contributed by atoms with van der Waals surface area (Å²) in [6, 6.07) is 3.99. The van der Waals surface area contributed by atoms with Gasteiger partial charge in [0, 0.05) is 36.8 Å². The fraction of sp³-hybridized carbons (Fsp3) is 0.500. The molecule has 1 aromatic carbocycles. The minimum atomic E-state index is -0.458. The number of aromatic nitrogens is 2. The summed E-state index contributed by atoms with van der Waals surface area (Å²) in [6.45, 7) is 6.99. The van der Waals surface area contributed by atoms with Crippen molar-refractivity contribution >= 4 is 5.96 Å². The van der Waals surface area contributed by atoms with Crippen molar-refractivity contribution in [2.24, 2.45) is 4.99 Å². The molecule has 1 aliphatic rings. The molecule has 0 radical (unpaired) electrons. The highest BCUT2D eigenvalue weighted by molar-refractivity contribution is 5.80. The standard InChI is InChI=1S/C20H27F2N5/c1-4-23-20(24-11-15-9-16(21)6-8-18(15)22)25-17-7-5-14-12-27(13(2)3)26-19(14)10-17/h6,8-9,12-13,17H,4-5,7,10-11H2,1-3H3,(H2,23,24,25). The van der Waals surface area contributed by atoms with E-state index >= 15 is 0 Å². The Bertz CT molecular complexity index is 813. The first kappa shape index (κ1) is 19.3. The largest absolute Gasteiger partial charge is 0.357 e. The third kappa shape index (κ3) is 4.84. The number of aryl methyl sites for hydroxylation is 1. The first-order valence-corrected chi connectivity index (χ1v) is 9.52. The smallest absolute Gasteiger partial charge is 0.191 e. The van der Waals surface area contributed by atoms with Crippen molar-refractivity contribution in [3.05, 3.63) is 52.9 Å². The lowest BCUT2D eigenvalue weighted by Crippen LogP contribution is -2.45. The molecular formula is C20H27F2N5. The topological polar surface area (TPSA) is 54.2 Å². The maximum absolute atomic E-state index is 13.8.